The Morgan fingerprint density at radius 2 is 2.07 bits per heavy atom. The van der Waals surface area contributed by atoms with Crippen molar-refractivity contribution >= 4 is 27.0 Å². The quantitative estimate of drug-likeness (QED) is 0.841. The van der Waals surface area contributed by atoms with Gasteiger partial charge in [-0.1, -0.05) is 0 Å². The van der Waals surface area contributed by atoms with Gasteiger partial charge in [0.05, 0.1) is 5.52 Å². The minimum Gasteiger partial charge on any atom is -0.313 e. The maximum Gasteiger partial charge on any atom is 0.287 e. The Morgan fingerprint density at radius 1 is 1.36 bits per heavy atom. The van der Waals surface area contributed by atoms with Gasteiger partial charge in [0.15, 0.2) is 0 Å². The van der Waals surface area contributed by atoms with Gasteiger partial charge < -0.3 is 4.98 Å². The van der Waals surface area contributed by atoms with E-state index in [4.69, 9.17) is 0 Å². The number of imidazole rings is 1. The van der Waals surface area contributed by atoms with Crippen LogP contribution in [0.1, 0.15) is 12.0 Å². The zero-order valence-electron chi connectivity index (χ0n) is 6.69. The third-order valence-corrected chi connectivity index (χ3v) is 2.49. The number of alkyl halides is 2. The molecule has 1 N–H and O–H groups in total. The summed E-state index contributed by atoms with van der Waals surface area (Å²) < 4.78 is 38.1. The van der Waals surface area contributed by atoms with Gasteiger partial charge in [-0.05, 0) is 28.1 Å². The third-order valence-electron chi connectivity index (χ3n) is 1.83. The number of nitrogens with one attached hydrogen (secondary N) is 1. The van der Waals surface area contributed by atoms with Crippen molar-refractivity contribution in [3.63, 3.8) is 0 Å². The van der Waals surface area contributed by atoms with Crippen molar-refractivity contribution in [3.8, 4) is 0 Å². The summed E-state index contributed by atoms with van der Waals surface area (Å²) in [6.07, 6.45) is -3.53. The molecule has 0 fully saturated rings. The molecular formula is C8H4BrF3N2. The lowest BCUT2D eigenvalue weighted by Crippen LogP contribution is -1.86. The van der Waals surface area contributed by atoms with Gasteiger partial charge in [-0.3, -0.25) is 0 Å². The molecule has 0 spiro atoms. The number of hydrogen-bond acceptors (Lipinski definition) is 1. The minimum absolute atomic E-state index is 0.0353. The van der Waals surface area contributed by atoms with Gasteiger partial charge in [0.1, 0.15) is 5.52 Å². The van der Waals surface area contributed by atoms with Crippen molar-refractivity contribution < 1.29 is 13.2 Å². The normalized spacial score (nSPS) is 11.5. The van der Waals surface area contributed by atoms with Gasteiger partial charge in [0.25, 0.3) is 12.5 Å². The Balaban J connectivity index is 2.81. The number of benzene rings is 1. The van der Waals surface area contributed by atoms with E-state index in [9.17, 15) is 13.2 Å². The van der Waals surface area contributed by atoms with Gasteiger partial charge in [-0.2, -0.15) is 4.39 Å². The average Bonchev–Trinajstić information content (AvgIpc) is 2.47. The Hall–Kier alpha value is -1.04. The largest absolute Gasteiger partial charge is 0.313 e. The molecule has 2 rings (SSSR count). The van der Waals surface area contributed by atoms with E-state index in [0.29, 0.717) is 4.47 Å². The van der Waals surface area contributed by atoms with Gasteiger partial charge >= 0.3 is 0 Å². The van der Waals surface area contributed by atoms with Crippen molar-refractivity contribution in [1.29, 1.82) is 0 Å². The molecule has 0 aliphatic heterocycles. The maximum atomic E-state index is 12.7. The Morgan fingerprint density at radius 3 is 2.71 bits per heavy atom. The molecule has 1 aromatic carbocycles. The third kappa shape index (κ3) is 1.39. The van der Waals surface area contributed by atoms with E-state index in [0.717, 1.165) is 0 Å². The highest BCUT2D eigenvalue weighted by molar-refractivity contribution is 9.10. The molecule has 1 aromatic heterocycles. The second kappa shape index (κ2) is 3.27. The lowest BCUT2D eigenvalue weighted by atomic mass is 10.2. The number of rotatable bonds is 1. The van der Waals surface area contributed by atoms with Crippen molar-refractivity contribution in [2.24, 2.45) is 0 Å². The first-order chi connectivity index (χ1) is 6.59. The van der Waals surface area contributed by atoms with Crippen LogP contribution in [0.2, 0.25) is 0 Å². The number of aromatic amines is 1. The highest BCUT2D eigenvalue weighted by Crippen LogP contribution is 2.30. The van der Waals surface area contributed by atoms with E-state index in [1.807, 2.05) is 0 Å². The SMILES string of the molecule is Fc1nc2c(C(F)F)ccc(Br)c2[nH]1. The number of nitrogens with zero attached hydrogens (tertiary/aromatic N) is 1. The predicted molar refractivity (Wildman–Crippen MR) is 48.7 cm³/mol. The zero-order valence-corrected chi connectivity index (χ0v) is 8.28. The summed E-state index contributed by atoms with van der Waals surface area (Å²) in [6.45, 7) is 0. The molecule has 2 nitrogen and oxygen atoms in total. The fourth-order valence-electron chi connectivity index (χ4n) is 1.23. The molecule has 0 amide bonds. The molecule has 0 radical (unpaired) electrons. The summed E-state index contributed by atoms with van der Waals surface area (Å²) in [5.41, 5.74) is -0.0597. The molecule has 0 saturated carbocycles. The second-order valence-corrected chi connectivity index (χ2v) is 3.54. The smallest absolute Gasteiger partial charge is 0.287 e. The number of H-pyrrole nitrogens is 1. The van der Waals surface area contributed by atoms with Gasteiger partial charge in [-0.15, -0.1) is 0 Å². The minimum atomic E-state index is -2.66. The Labute approximate surface area is 85.3 Å². The van der Waals surface area contributed by atoms with Crippen molar-refractivity contribution in [2.75, 3.05) is 0 Å². The van der Waals surface area contributed by atoms with Gasteiger partial charge in [-0.25, -0.2) is 13.8 Å². The number of aromatic nitrogens is 2. The number of fused-ring (bicyclic) bond motifs is 1. The highest BCUT2D eigenvalue weighted by Gasteiger charge is 2.16. The topological polar surface area (TPSA) is 28.7 Å². The van der Waals surface area contributed by atoms with E-state index < -0.39 is 12.5 Å². The maximum absolute atomic E-state index is 12.7. The van der Waals surface area contributed by atoms with E-state index >= 15 is 0 Å². The van der Waals surface area contributed by atoms with Crippen LogP contribution in [0.5, 0.6) is 0 Å². The van der Waals surface area contributed by atoms with Gasteiger partial charge in [0, 0.05) is 10.0 Å². The van der Waals surface area contributed by atoms with Crippen LogP contribution in [-0.2, 0) is 0 Å². The van der Waals surface area contributed by atoms with E-state index in [-0.39, 0.29) is 16.6 Å². The molecule has 2 aromatic rings. The van der Waals surface area contributed by atoms with E-state index in [1.54, 1.807) is 0 Å². The first kappa shape index (κ1) is 9.51. The first-order valence-electron chi connectivity index (χ1n) is 3.71. The van der Waals surface area contributed by atoms with E-state index in [2.05, 4.69) is 25.9 Å². The molecule has 0 unspecified atom stereocenters. The van der Waals surface area contributed by atoms with Crippen LogP contribution in [0.3, 0.4) is 0 Å². The van der Waals surface area contributed by atoms with Crippen LogP contribution in [-0.4, -0.2) is 9.97 Å². The highest BCUT2D eigenvalue weighted by atomic mass is 79.9. The average molecular weight is 265 g/mol. The summed E-state index contributed by atoms with van der Waals surface area (Å²) in [6, 6.07) is 2.65. The van der Waals surface area contributed by atoms with Crippen LogP contribution in [0.25, 0.3) is 11.0 Å². The summed E-state index contributed by atoms with van der Waals surface area (Å²) in [5.74, 6) is 0. The van der Waals surface area contributed by atoms with Crippen molar-refractivity contribution in [2.45, 2.75) is 6.43 Å². The predicted octanol–water partition coefficient (Wildman–Crippen LogP) is 3.40. The molecule has 74 valence electrons. The Kier molecular flexibility index (Phi) is 2.22. The van der Waals surface area contributed by atoms with Crippen LogP contribution in [0.15, 0.2) is 16.6 Å². The summed E-state index contributed by atoms with van der Waals surface area (Å²) in [7, 11) is 0. The number of hydrogen-bond donors (Lipinski definition) is 1. The molecule has 0 bridgehead atoms. The van der Waals surface area contributed by atoms with Crippen LogP contribution in [0, 0.1) is 6.08 Å². The molecule has 0 aliphatic carbocycles. The van der Waals surface area contributed by atoms with Crippen LogP contribution >= 0.6 is 15.9 Å². The van der Waals surface area contributed by atoms with Crippen LogP contribution in [0.4, 0.5) is 13.2 Å². The Bertz CT molecular complexity index is 481. The van der Waals surface area contributed by atoms with Gasteiger partial charge in [0.2, 0.25) is 0 Å². The molecule has 0 atom stereocenters. The molecule has 0 aliphatic rings. The summed E-state index contributed by atoms with van der Waals surface area (Å²) in [4.78, 5) is 5.63. The van der Waals surface area contributed by atoms with Crippen molar-refractivity contribution in [1.82, 2.24) is 9.97 Å². The fraction of sp³-hybridized carbons (Fsp3) is 0.125. The monoisotopic (exact) mass is 264 g/mol. The molecular weight excluding hydrogens is 261 g/mol. The fourth-order valence-corrected chi connectivity index (χ4v) is 1.65. The molecule has 1 heterocycles. The lowest BCUT2D eigenvalue weighted by molar-refractivity contribution is 0.153. The molecule has 14 heavy (non-hydrogen) atoms. The number of halogens is 4. The standard InChI is InChI=1S/C8H4BrF3N2/c9-4-2-1-3(7(10)11)5-6(4)14-8(12)13-5/h1-2,7H,(H,13,14). The summed E-state index contributed by atoms with van der Waals surface area (Å²) in [5, 5.41) is 0. The molecule has 6 heteroatoms. The second-order valence-electron chi connectivity index (χ2n) is 2.69. The molecule has 0 saturated heterocycles. The lowest BCUT2D eigenvalue weighted by Gasteiger charge is -2.00. The van der Waals surface area contributed by atoms with Crippen molar-refractivity contribution in [3.05, 3.63) is 28.2 Å². The van der Waals surface area contributed by atoms with Crippen LogP contribution < -0.4 is 0 Å². The summed E-state index contributed by atoms with van der Waals surface area (Å²) >= 11 is 3.11. The zero-order chi connectivity index (χ0) is 10.3. The first-order valence-corrected chi connectivity index (χ1v) is 4.50. The van der Waals surface area contributed by atoms with E-state index in [1.165, 1.54) is 12.1 Å².